The number of aromatic amines is 1. The third kappa shape index (κ3) is 3.37. The summed E-state index contributed by atoms with van der Waals surface area (Å²) >= 11 is 0. The Hall–Kier alpha value is -3.16. The first-order chi connectivity index (χ1) is 11.1. The van der Waals surface area contributed by atoms with Crippen molar-refractivity contribution >= 4 is 17.9 Å². The highest BCUT2D eigenvalue weighted by Crippen LogP contribution is 2.16. The van der Waals surface area contributed by atoms with E-state index in [0.29, 0.717) is 10.9 Å². The Morgan fingerprint density at radius 3 is 2.61 bits per heavy atom. The Kier molecular flexibility index (Phi) is 4.05. The van der Waals surface area contributed by atoms with Gasteiger partial charge in [0.1, 0.15) is 5.82 Å². The third-order valence-corrected chi connectivity index (χ3v) is 3.29. The summed E-state index contributed by atoms with van der Waals surface area (Å²) in [7, 11) is 0. The molecule has 1 aliphatic rings. The van der Waals surface area contributed by atoms with Gasteiger partial charge in [0, 0.05) is 12.8 Å². The molecule has 0 atom stereocenters. The number of rotatable bonds is 4. The van der Waals surface area contributed by atoms with Crippen molar-refractivity contribution < 1.29 is 19.2 Å². The summed E-state index contributed by atoms with van der Waals surface area (Å²) in [6.07, 6.45) is 0.895. The fraction of sp³-hybridized carbons (Fsp3) is 0.200. The van der Waals surface area contributed by atoms with Crippen LogP contribution in [0.15, 0.2) is 36.5 Å². The van der Waals surface area contributed by atoms with E-state index in [-0.39, 0.29) is 19.4 Å². The first-order valence-electron chi connectivity index (χ1n) is 7.04. The first-order valence-corrected chi connectivity index (χ1v) is 7.04. The van der Waals surface area contributed by atoms with Gasteiger partial charge in [0.15, 0.2) is 0 Å². The number of aromatic nitrogens is 2. The van der Waals surface area contributed by atoms with Crippen LogP contribution in [0.3, 0.4) is 0 Å². The monoisotopic (exact) mass is 314 g/mol. The van der Waals surface area contributed by atoms with Crippen LogP contribution >= 0.6 is 0 Å². The molecule has 0 unspecified atom stereocenters. The largest absolute Gasteiger partial charge is 0.432 e. The highest BCUT2D eigenvalue weighted by molar-refractivity contribution is 6.01. The van der Waals surface area contributed by atoms with Crippen molar-refractivity contribution in [2.45, 2.75) is 19.4 Å². The summed E-state index contributed by atoms with van der Waals surface area (Å²) < 4.78 is 0. The predicted molar refractivity (Wildman–Crippen MR) is 78.4 cm³/mol. The van der Waals surface area contributed by atoms with Crippen LogP contribution in [0.5, 0.6) is 0 Å². The normalized spacial score (nSPS) is 14.2. The first kappa shape index (κ1) is 14.8. The molecule has 0 radical (unpaired) electrons. The molecule has 3 rings (SSSR count). The smallest absolute Gasteiger partial charge is 0.341 e. The van der Waals surface area contributed by atoms with Gasteiger partial charge in [-0.15, -0.1) is 5.06 Å². The highest BCUT2D eigenvalue weighted by atomic mass is 16.7. The van der Waals surface area contributed by atoms with Gasteiger partial charge in [0.05, 0.1) is 18.4 Å². The average Bonchev–Trinajstić information content (AvgIpc) is 3.16. The fourth-order valence-corrected chi connectivity index (χ4v) is 2.15. The van der Waals surface area contributed by atoms with Crippen LogP contribution in [0, 0.1) is 0 Å². The lowest BCUT2D eigenvalue weighted by Crippen LogP contribution is -2.36. The average molecular weight is 314 g/mol. The number of hydrogen-bond acceptors (Lipinski definition) is 5. The lowest BCUT2D eigenvalue weighted by molar-refractivity contribution is -0.171. The maximum absolute atomic E-state index is 11.6. The molecule has 1 fully saturated rings. The second kappa shape index (κ2) is 6.30. The number of imide groups is 1. The Balaban J connectivity index is 1.54. The van der Waals surface area contributed by atoms with Gasteiger partial charge in [-0.1, -0.05) is 30.3 Å². The Labute approximate surface area is 131 Å². The minimum absolute atomic E-state index is 0.0603. The number of nitrogens with zero attached hydrogens (tertiary/aromatic N) is 2. The number of nitrogens with one attached hydrogen (secondary N) is 2. The molecule has 8 nitrogen and oxygen atoms in total. The van der Waals surface area contributed by atoms with Gasteiger partial charge < -0.3 is 15.1 Å². The molecule has 0 saturated carbocycles. The van der Waals surface area contributed by atoms with Crippen LogP contribution in [0.1, 0.15) is 18.7 Å². The molecule has 0 bridgehead atoms. The summed E-state index contributed by atoms with van der Waals surface area (Å²) in [5.74, 6) is -0.510. The number of H-pyrrole nitrogens is 1. The van der Waals surface area contributed by atoms with Crippen LogP contribution < -0.4 is 5.32 Å². The van der Waals surface area contributed by atoms with Crippen molar-refractivity contribution in [1.29, 1.82) is 0 Å². The molecular formula is C15H14N4O4. The van der Waals surface area contributed by atoms with Crippen molar-refractivity contribution in [3.05, 3.63) is 42.4 Å². The standard InChI is InChI=1S/C15H14N4O4/c20-13-6-7-14(21)19(13)23-15(22)17-9-12-16-8-11(18-12)10-4-2-1-3-5-10/h1-5,8H,6-7,9H2,(H,16,18)(H,17,22). The molecule has 2 heterocycles. The summed E-state index contributed by atoms with van der Waals surface area (Å²) in [4.78, 5) is 46.2. The second-order valence-corrected chi connectivity index (χ2v) is 4.92. The van der Waals surface area contributed by atoms with Crippen LogP contribution in [0.2, 0.25) is 0 Å². The van der Waals surface area contributed by atoms with E-state index >= 15 is 0 Å². The molecule has 1 aromatic carbocycles. The molecule has 0 spiro atoms. The van der Waals surface area contributed by atoms with Crippen LogP contribution in [-0.2, 0) is 21.0 Å². The lowest BCUT2D eigenvalue weighted by atomic mass is 10.2. The maximum atomic E-state index is 11.6. The molecule has 0 aliphatic carbocycles. The van der Waals surface area contributed by atoms with E-state index in [4.69, 9.17) is 4.84 Å². The number of hydrogen-bond donors (Lipinski definition) is 2. The summed E-state index contributed by atoms with van der Waals surface area (Å²) in [6.45, 7) is 0.0852. The molecule has 2 aromatic rings. The van der Waals surface area contributed by atoms with Gasteiger partial charge in [0.2, 0.25) is 0 Å². The minimum atomic E-state index is -0.883. The van der Waals surface area contributed by atoms with E-state index in [1.165, 1.54) is 0 Å². The Bertz CT molecular complexity index is 725. The van der Waals surface area contributed by atoms with Crippen LogP contribution in [0.25, 0.3) is 11.3 Å². The van der Waals surface area contributed by atoms with Gasteiger partial charge >= 0.3 is 6.09 Å². The lowest BCUT2D eigenvalue weighted by Gasteiger charge is -2.12. The fourth-order valence-electron chi connectivity index (χ4n) is 2.15. The molecule has 3 amide bonds. The van der Waals surface area contributed by atoms with Gasteiger partial charge in [-0.25, -0.2) is 9.78 Å². The zero-order chi connectivity index (χ0) is 16.2. The van der Waals surface area contributed by atoms with Crippen molar-refractivity contribution in [1.82, 2.24) is 20.3 Å². The molecule has 118 valence electrons. The summed E-state index contributed by atoms with van der Waals surface area (Å²) in [6, 6.07) is 9.61. The topological polar surface area (TPSA) is 104 Å². The zero-order valence-corrected chi connectivity index (χ0v) is 12.1. The van der Waals surface area contributed by atoms with Crippen molar-refractivity contribution in [3.8, 4) is 11.3 Å². The molecule has 1 aromatic heterocycles. The van der Waals surface area contributed by atoms with Gasteiger partial charge in [-0.3, -0.25) is 9.59 Å². The molecule has 2 N–H and O–H groups in total. The van der Waals surface area contributed by atoms with Crippen molar-refractivity contribution in [2.24, 2.45) is 0 Å². The van der Waals surface area contributed by atoms with Crippen LogP contribution in [0.4, 0.5) is 4.79 Å². The van der Waals surface area contributed by atoms with E-state index in [2.05, 4.69) is 15.3 Å². The van der Waals surface area contributed by atoms with Gasteiger partial charge in [0.25, 0.3) is 11.8 Å². The van der Waals surface area contributed by atoms with E-state index in [0.717, 1.165) is 11.3 Å². The number of carbonyl (C=O) groups is 3. The van der Waals surface area contributed by atoms with E-state index in [1.807, 2.05) is 30.3 Å². The van der Waals surface area contributed by atoms with E-state index < -0.39 is 17.9 Å². The van der Waals surface area contributed by atoms with Crippen LogP contribution in [-0.4, -0.2) is 32.9 Å². The van der Waals surface area contributed by atoms with E-state index in [1.54, 1.807) is 6.20 Å². The number of carbonyl (C=O) groups excluding carboxylic acids is 3. The van der Waals surface area contributed by atoms with Gasteiger partial charge in [-0.2, -0.15) is 0 Å². The van der Waals surface area contributed by atoms with Gasteiger partial charge in [-0.05, 0) is 5.56 Å². The highest BCUT2D eigenvalue weighted by Gasteiger charge is 2.32. The predicted octanol–water partition coefficient (Wildman–Crippen LogP) is 1.37. The summed E-state index contributed by atoms with van der Waals surface area (Å²) in [5, 5.41) is 2.92. The molecule has 23 heavy (non-hydrogen) atoms. The number of hydroxylamine groups is 2. The zero-order valence-electron chi connectivity index (χ0n) is 12.1. The number of benzene rings is 1. The maximum Gasteiger partial charge on any atom is 0.432 e. The molecule has 8 heteroatoms. The second-order valence-electron chi connectivity index (χ2n) is 4.92. The van der Waals surface area contributed by atoms with E-state index in [9.17, 15) is 14.4 Å². The van der Waals surface area contributed by atoms with Crippen molar-refractivity contribution in [3.63, 3.8) is 0 Å². The molecule has 1 saturated heterocycles. The Morgan fingerprint density at radius 2 is 1.91 bits per heavy atom. The number of imidazole rings is 1. The SMILES string of the molecule is O=C(NCc1ncc(-c2ccccc2)[nH]1)ON1C(=O)CCC1=O. The Morgan fingerprint density at radius 1 is 1.22 bits per heavy atom. The summed E-state index contributed by atoms with van der Waals surface area (Å²) in [5.41, 5.74) is 1.79. The van der Waals surface area contributed by atoms with Crippen molar-refractivity contribution in [2.75, 3.05) is 0 Å². The number of amides is 3. The minimum Gasteiger partial charge on any atom is -0.341 e. The molecule has 1 aliphatic heterocycles. The molecular weight excluding hydrogens is 300 g/mol. The quantitative estimate of drug-likeness (QED) is 0.829. The third-order valence-electron chi connectivity index (χ3n) is 3.29.